The van der Waals surface area contributed by atoms with Gasteiger partial charge in [0.15, 0.2) is 5.82 Å². The molecule has 7 heteroatoms. The normalized spacial score (nSPS) is 14.2. The Bertz CT molecular complexity index is 560. The zero-order valence-corrected chi connectivity index (χ0v) is 11.7. The molecule has 3 rings (SSSR count). The fraction of sp³-hybridized carbons (Fsp3) is 0.583. The Morgan fingerprint density at radius 1 is 1.26 bits per heavy atom. The number of aromatic nitrogens is 4. The van der Waals surface area contributed by atoms with Crippen LogP contribution in [0, 0.1) is 6.92 Å². The summed E-state index contributed by atoms with van der Waals surface area (Å²) >= 11 is 0. The lowest BCUT2D eigenvalue weighted by Crippen LogP contribution is -2.13. The largest absolute Gasteiger partial charge is 0.339 e. The average Bonchev–Trinajstić information content (AvgIpc) is 3.05. The molecule has 104 valence electrons. The molecule has 0 bridgehead atoms. The maximum Gasteiger partial charge on any atom is 0.238 e. The zero-order chi connectivity index (χ0) is 14.0. The van der Waals surface area contributed by atoms with E-state index < -0.39 is 0 Å². The van der Waals surface area contributed by atoms with Crippen LogP contribution in [0.1, 0.15) is 38.0 Å². The lowest BCUT2D eigenvalue weighted by Gasteiger charge is -2.08. The molecular formula is C12H19N5O2. The van der Waals surface area contributed by atoms with Gasteiger partial charge in [-0.3, -0.25) is 0 Å². The predicted octanol–water partition coefficient (Wildman–Crippen LogP) is 1.99. The van der Waals surface area contributed by atoms with Crippen molar-refractivity contribution in [2.75, 3.05) is 0 Å². The van der Waals surface area contributed by atoms with Crippen molar-refractivity contribution in [3.8, 4) is 11.6 Å². The predicted molar refractivity (Wildman–Crippen MR) is 68.3 cm³/mol. The number of aryl methyl sites for hydroxylation is 1. The summed E-state index contributed by atoms with van der Waals surface area (Å²) in [7, 11) is 0. The number of hydrogen-bond acceptors (Lipinski definition) is 6. The summed E-state index contributed by atoms with van der Waals surface area (Å²) in [5, 5.41) is 14.6. The summed E-state index contributed by atoms with van der Waals surface area (Å²) in [6.45, 7) is 9.48. The minimum absolute atomic E-state index is 0.451. The SMILES string of the molecule is CC.CCn1c(-c2noc(C)n2)nc2c1CN(O)C2. The third-order valence-electron chi connectivity index (χ3n) is 2.86. The maximum absolute atomic E-state index is 9.46. The van der Waals surface area contributed by atoms with E-state index in [2.05, 4.69) is 15.1 Å². The van der Waals surface area contributed by atoms with Crippen LogP contribution >= 0.6 is 0 Å². The van der Waals surface area contributed by atoms with E-state index in [0.717, 1.165) is 17.9 Å². The Morgan fingerprint density at radius 2 is 2.00 bits per heavy atom. The summed E-state index contributed by atoms with van der Waals surface area (Å²) in [5.74, 6) is 1.74. The van der Waals surface area contributed by atoms with Crippen LogP contribution in [0.5, 0.6) is 0 Å². The molecule has 1 aliphatic rings. The second-order valence-corrected chi connectivity index (χ2v) is 4.03. The van der Waals surface area contributed by atoms with E-state index >= 15 is 0 Å². The van der Waals surface area contributed by atoms with E-state index in [1.54, 1.807) is 6.92 Å². The fourth-order valence-electron chi connectivity index (χ4n) is 2.14. The molecule has 0 aromatic carbocycles. The lowest BCUT2D eigenvalue weighted by atomic mass is 10.4. The van der Waals surface area contributed by atoms with Gasteiger partial charge in [0, 0.05) is 13.5 Å². The third-order valence-corrected chi connectivity index (χ3v) is 2.86. The summed E-state index contributed by atoms with van der Waals surface area (Å²) in [6.07, 6.45) is 0. The second-order valence-electron chi connectivity index (χ2n) is 4.03. The van der Waals surface area contributed by atoms with E-state index in [-0.39, 0.29) is 0 Å². The summed E-state index contributed by atoms with van der Waals surface area (Å²) < 4.78 is 6.98. The highest BCUT2D eigenvalue weighted by atomic mass is 16.5. The van der Waals surface area contributed by atoms with Crippen LogP contribution in [0.3, 0.4) is 0 Å². The van der Waals surface area contributed by atoms with Crippen molar-refractivity contribution in [1.29, 1.82) is 0 Å². The van der Waals surface area contributed by atoms with Crippen molar-refractivity contribution >= 4 is 0 Å². The van der Waals surface area contributed by atoms with Crippen molar-refractivity contribution in [2.24, 2.45) is 0 Å². The van der Waals surface area contributed by atoms with E-state index in [0.29, 0.717) is 30.6 Å². The van der Waals surface area contributed by atoms with Crippen LogP contribution < -0.4 is 0 Å². The first-order chi connectivity index (χ1) is 9.19. The van der Waals surface area contributed by atoms with Gasteiger partial charge in [-0.2, -0.15) is 10.0 Å². The quantitative estimate of drug-likeness (QED) is 0.894. The minimum atomic E-state index is 0.451. The van der Waals surface area contributed by atoms with Gasteiger partial charge in [0.25, 0.3) is 0 Å². The van der Waals surface area contributed by atoms with Crippen LogP contribution in [-0.4, -0.2) is 30.0 Å². The Labute approximate surface area is 111 Å². The molecule has 1 N–H and O–H groups in total. The minimum Gasteiger partial charge on any atom is -0.339 e. The van der Waals surface area contributed by atoms with Gasteiger partial charge in [-0.05, 0) is 6.92 Å². The first-order valence-corrected chi connectivity index (χ1v) is 6.51. The van der Waals surface area contributed by atoms with Gasteiger partial charge < -0.3 is 14.3 Å². The van der Waals surface area contributed by atoms with Crippen molar-refractivity contribution < 1.29 is 9.73 Å². The topological polar surface area (TPSA) is 80.2 Å². The number of hydrogen-bond donors (Lipinski definition) is 1. The van der Waals surface area contributed by atoms with Gasteiger partial charge >= 0.3 is 0 Å². The van der Waals surface area contributed by atoms with Crippen LogP contribution in [0.4, 0.5) is 0 Å². The number of rotatable bonds is 2. The standard InChI is InChI=1S/C10H13N5O2.C2H6/c1-3-15-8-5-14(16)4-7(8)12-10(15)9-11-6(2)17-13-9;1-2/h16H,3-5H2,1-2H3;1-2H3. The Balaban J connectivity index is 0.000000637. The molecule has 1 aliphatic heterocycles. The summed E-state index contributed by atoms with van der Waals surface area (Å²) in [6, 6.07) is 0. The number of fused-ring (bicyclic) bond motifs is 1. The highest BCUT2D eigenvalue weighted by Gasteiger charge is 2.27. The molecule has 19 heavy (non-hydrogen) atoms. The molecule has 0 radical (unpaired) electrons. The van der Waals surface area contributed by atoms with Gasteiger partial charge in [0.05, 0.1) is 24.5 Å². The molecule has 0 atom stereocenters. The van der Waals surface area contributed by atoms with Crippen molar-refractivity contribution in [3.05, 3.63) is 17.3 Å². The van der Waals surface area contributed by atoms with Crippen LogP contribution in [0.25, 0.3) is 11.6 Å². The van der Waals surface area contributed by atoms with E-state index in [1.165, 1.54) is 5.06 Å². The Morgan fingerprint density at radius 3 is 2.58 bits per heavy atom. The molecule has 0 saturated carbocycles. The lowest BCUT2D eigenvalue weighted by molar-refractivity contribution is -0.0985. The molecule has 0 spiro atoms. The average molecular weight is 265 g/mol. The fourth-order valence-corrected chi connectivity index (χ4v) is 2.14. The van der Waals surface area contributed by atoms with Gasteiger partial charge in [0.1, 0.15) is 0 Å². The first kappa shape index (κ1) is 13.7. The highest BCUT2D eigenvalue weighted by Crippen LogP contribution is 2.26. The molecule has 7 nitrogen and oxygen atoms in total. The number of imidazole rings is 1. The zero-order valence-electron chi connectivity index (χ0n) is 11.7. The Kier molecular flexibility index (Phi) is 3.96. The molecule has 2 aromatic rings. The number of hydroxylamine groups is 2. The molecule has 0 amide bonds. The van der Waals surface area contributed by atoms with Crippen molar-refractivity contribution in [1.82, 2.24) is 24.8 Å². The van der Waals surface area contributed by atoms with Crippen LogP contribution in [0.15, 0.2) is 4.52 Å². The third kappa shape index (κ3) is 2.39. The van der Waals surface area contributed by atoms with E-state index in [4.69, 9.17) is 4.52 Å². The molecule has 0 fully saturated rings. The molecule has 3 heterocycles. The highest BCUT2D eigenvalue weighted by molar-refractivity contribution is 5.46. The molecule has 2 aromatic heterocycles. The Hall–Kier alpha value is -1.73. The van der Waals surface area contributed by atoms with Crippen LogP contribution in [-0.2, 0) is 19.6 Å². The van der Waals surface area contributed by atoms with E-state index in [9.17, 15) is 5.21 Å². The molecule has 0 aliphatic carbocycles. The van der Waals surface area contributed by atoms with E-state index in [1.807, 2.05) is 25.3 Å². The van der Waals surface area contributed by atoms with Gasteiger partial charge in [0.2, 0.25) is 11.7 Å². The van der Waals surface area contributed by atoms with Crippen molar-refractivity contribution in [3.63, 3.8) is 0 Å². The first-order valence-electron chi connectivity index (χ1n) is 6.51. The van der Waals surface area contributed by atoms with Gasteiger partial charge in [-0.1, -0.05) is 19.0 Å². The molecular weight excluding hydrogens is 246 g/mol. The van der Waals surface area contributed by atoms with Crippen molar-refractivity contribution in [2.45, 2.75) is 47.3 Å². The van der Waals surface area contributed by atoms with Gasteiger partial charge in [-0.25, -0.2) is 4.98 Å². The summed E-state index contributed by atoms with van der Waals surface area (Å²) in [5.41, 5.74) is 1.90. The second kappa shape index (κ2) is 5.50. The smallest absolute Gasteiger partial charge is 0.238 e. The van der Waals surface area contributed by atoms with Gasteiger partial charge in [-0.15, -0.1) is 0 Å². The molecule has 0 unspecified atom stereocenters. The summed E-state index contributed by atoms with van der Waals surface area (Å²) in [4.78, 5) is 8.66. The van der Waals surface area contributed by atoms with Crippen LogP contribution in [0.2, 0.25) is 0 Å². The monoisotopic (exact) mass is 265 g/mol. The maximum atomic E-state index is 9.46. The molecule has 0 saturated heterocycles. The number of nitrogens with zero attached hydrogens (tertiary/aromatic N) is 5.